The summed E-state index contributed by atoms with van der Waals surface area (Å²) in [6, 6.07) is 8.89. The van der Waals surface area contributed by atoms with Gasteiger partial charge in [-0.3, -0.25) is 14.5 Å². The second-order valence-electron chi connectivity index (χ2n) is 22.6. The molecule has 1 aliphatic heterocycles. The van der Waals surface area contributed by atoms with Crippen molar-refractivity contribution in [1.82, 2.24) is 10.2 Å². The number of fused-ring (bicyclic) bond motifs is 7. The summed E-state index contributed by atoms with van der Waals surface area (Å²) in [5, 5.41) is 4.16. The van der Waals surface area contributed by atoms with E-state index in [-0.39, 0.29) is 51.9 Å². The molecule has 8 nitrogen and oxygen atoms in total. The van der Waals surface area contributed by atoms with Gasteiger partial charge in [-0.25, -0.2) is 12.8 Å². The minimum Gasteiger partial charge on any atom is -0.465 e. The molecule has 1 heterocycles. The molecule has 0 spiro atoms. The van der Waals surface area contributed by atoms with Gasteiger partial charge in [0, 0.05) is 25.2 Å². The van der Waals surface area contributed by atoms with Crippen molar-refractivity contribution in [2.24, 2.45) is 56.7 Å². The van der Waals surface area contributed by atoms with Crippen LogP contribution in [-0.2, 0) is 35.5 Å². The summed E-state index contributed by atoms with van der Waals surface area (Å²) in [7, 11) is -3.29. The number of benzene rings is 1. The first-order chi connectivity index (χ1) is 29.8. The predicted octanol–water partition coefficient (Wildman–Crippen LogP) is 9.99. The average Bonchev–Trinajstić information content (AvgIpc) is 3.64. The van der Waals surface area contributed by atoms with Crippen LogP contribution in [0.4, 0.5) is 4.39 Å². The van der Waals surface area contributed by atoms with Crippen molar-refractivity contribution >= 4 is 21.8 Å². The molecule has 348 valence electrons. The van der Waals surface area contributed by atoms with Crippen molar-refractivity contribution in [1.29, 1.82) is 0 Å². The number of esters is 2. The maximum absolute atomic E-state index is 14.8. The lowest BCUT2D eigenvalue weighted by Gasteiger charge is -2.72. The van der Waals surface area contributed by atoms with E-state index in [2.05, 4.69) is 65.6 Å². The molecule has 5 fully saturated rings. The Kier molecular flexibility index (Phi) is 12.7. The Labute approximate surface area is 378 Å². The van der Waals surface area contributed by atoms with Gasteiger partial charge < -0.3 is 14.8 Å². The third-order valence-electron chi connectivity index (χ3n) is 19.5. The minimum atomic E-state index is -3.29. The largest absolute Gasteiger partial charge is 0.465 e. The monoisotopic (exact) mass is 889 g/mol. The average molecular weight is 889 g/mol. The zero-order chi connectivity index (χ0) is 45.2. The molecule has 0 radical (unpaired) electrons. The maximum Gasteiger partial charge on any atom is 0.324 e. The van der Waals surface area contributed by atoms with E-state index in [0.717, 1.165) is 31.2 Å². The van der Waals surface area contributed by atoms with Crippen LogP contribution in [0.1, 0.15) is 131 Å². The van der Waals surface area contributed by atoms with Crippen LogP contribution in [-0.4, -0.2) is 81.3 Å². The smallest absolute Gasteiger partial charge is 0.324 e. The molecule has 1 N–H and O–H groups in total. The van der Waals surface area contributed by atoms with E-state index in [1.165, 1.54) is 48.8 Å². The molecule has 10 heteroatoms. The lowest BCUT2D eigenvalue weighted by Crippen LogP contribution is -2.68. The number of allylic oxidation sites excluding steroid dienone is 5. The summed E-state index contributed by atoms with van der Waals surface area (Å²) in [5.41, 5.74) is 4.29. The van der Waals surface area contributed by atoms with Crippen LogP contribution in [0.15, 0.2) is 65.8 Å². The van der Waals surface area contributed by atoms with Crippen molar-refractivity contribution in [2.45, 2.75) is 144 Å². The zero-order valence-electron chi connectivity index (χ0n) is 39.5. The quantitative estimate of drug-likeness (QED) is 0.164. The van der Waals surface area contributed by atoms with E-state index < -0.39 is 39.9 Å². The number of halogens is 1. The maximum atomic E-state index is 14.8. The third kappa shape index (κ3) is 7.83. The van der Waals surface area contributed by atoms with Crippen molar-refractivity contribution in [2.75, 3.05) is 44.4 Å². The molecule has 11 atom stereocenters. The number of ether oxygens (including phenoxy) is 2. The summed E-state index contributed by atoms with van der Waals surface area (Å²) < 4.78 is 51.1. The van der Waals surface area contributed by atoms with Crippen LogP contribution >= 0.6 is 0 Å². The molecule has 0 amide bonds. The van der Waals surface area contributed by atoms with E-state index >= 15 is 0 Å². The molecule has 1 aromatic rings. The van der Waals surface area contributed by atoms with Crippen molar-refractivity contribution in [3.05, 3.63) is 71.3 Å². The van der Waals surface area contributed by atoms with Crippen LogP contribution < -0.4 is 5.32 Å². The van der Waals surface area contributed by atoms with Crippen LogP contribution in [0.5, 0.6) is 0 Å². The number of sulfone groups is 1. The fraction of sp³-hybridized carbons (Fsp3) is 0.736. The molecule has 1 aromatic carbocycles. The third-order valence-corrected chi connectivity index (χ3v) is 21.1. The lowest BCUT2D eigenvalue weighted by atomic mass is 9.33. The topological polar surface area (TPSA) is 102 Å². The Morgan fingerprint density at radius 2 is 1.67 bits per heavy atom. The second-order valence-corrected chi connectivity index (χ2v) is 24.9. The summed E-state index contributed by atoms with van der Waals surface area (Å²) in [6.07, 6.45) is 16.8. The van der Waals surface area contributed by atoms with Gasteiger partial charge in [-0.1, -0.05) is 89.3 Å². The summed E-state index contributed by atoms with van der Waals surface area (Å²) in [6.45, 7) is 22.9. The van der Waals surface area contributed by atoms with Gasteiger partial charge in [0.1, 0.15) is 19.3 Å². The highest BCUT2D eigenvalue weighted by Crippen LogP contribution is 2.76. The number of alkyl halides is 1. The molecule has 2 unspecified atom stereocenters. The molecule has 4 saturated carbocycles. The summed E-state index contributed by atoms with van der Waals surface area (Å²) in [4.78, 5) is 28.4. The highest BCUT2D eigenvalue weighted by Gasteiger charge is 2.70. The Bertz CT molecular complexity index is 2100. The van der Waals surface area contributed by atoms with E-state index in [9.17, 15) is 22.4 Å². The standard InChI is InChI=1S/C53H77FN2O6S/c1-9-61-46(57)42-34-63(59,60)32-31-56(42)30-29-55-53-26-19-39(36(2)3)45(53)41-15-16-44-49(6)22-20-40(48(4,5)43(49)21-23-51(44,8)50(41,7)27-28-53)38-17-24-52(35-54,25-18-38)47(58)62-33-37-13-11-10-12-14-37/h10-14,17,20,39,41-45,55H,2,9,15-16,18-19,21-35H2,1,3-8H3/t39-,41+,42?,43?,44+,45+,49-,50+,51+,52+,53-/m0/s1. The highest BCUT2D eigenvalue weighted by molar-refractivity contribution is 7.91. The van der Waals surface area contributed by atoms with Crippen LogP contribution in [0.3, 0.4) is 0 Å². The van der Waals surface area contributed by atoms with Gasteiger partial charge >= 0.3 is 11.9 Å². The van der Waals surface area contributed by atoms with E-state index in [4.69, 9.17) is 9.47 Å². The zero-order valence-corrected chi connectivity index (χ0v) is 40.4. The molecule has 0 bridgehead atoms. The first-order valence-electron chi connectivity index (χ1n) is 24.5. The number of nitrogens with zero attached hydrogens (tertiary/aromatic N) is 1. The number of carbonyl (C=O) groups excluding carboxylic acids is 2. The lowest BCUT2D eigenvalue weighted by molar-refractivity contribution is -0.221. The van der Waals surface area contributed by atoms with Gasteiger partial charge in [0.2, 0.25) is 0 Å². The molecule has 7 aliphatic rings. The van der Waals surface area contributed by atoms with Gasteiger partial charge in [-0.15, -0.1) is 0 Å². The van der Waals surface area contributed by atoms with E-state index in [1.807, 2.05) is 35.2 Å². The molecular weight excluding hydrogens is 812 g/mol. The minimum absolute atomic E-state index is 0.00403. The van der Waals surface area contributed by atoms with Crippen LogP contribution in [0.2, 0.25) is 0 Å². The predicted molar refractivity (Wildman–Crippen MR) is 248 cm³/mol. The Balaban J connectivity index is 0.993. The number of hydrogen-bond donors (Lipinski definition) is 1. The molecule has 6 aliphatic carbocycles. The van der Waals surface area contributed by atoms with Gasteiger partial charge in [0.15, 0.2) is 9.84 Å². The highest BCUT2D eigenvalue weighted by atomic mass is 32.2. The fourth-order valence-electron chi connectivity index (χ4n) is 16.0. The normalized spacial score (nSPS) is 40.5. The van der Waals surface area contributed by atoms with E-state index in [0.29, 0.717) is 68.5 Å². The summed E-state index contributed by atoms with van der Waals surface area (Å²) >= 11 is 0. The number of carbonyl (C=O) groups is 2. The molecule has 1 saturated heterocycles. The van der Waals surface area contributed by atoms with Gasteiger partial charge in [0.25, 0.3) is 0 Å². The first-order valence-corrected chi connectivity index (χ1v) is 26.3. The Morgan fingerprint density at radius 1 is 0.905 bits per heavy atom. The fourth-order valence-corrected chi connectivity index (χ4v) is 17.5. The first kappa shape index (κ1) is 46.7. The van der Waals surface area contributed by atoms with Crippen molar-refractivity contribution in [3.8, 4) is 0 Å². The Hall–Kier alpha value is -2.82. The molecule has 8 rings (SSSR count). The SMILES string of the molecule is C=C(C)[C@@H]1CC[C@]2(NCCN3CCS(=O)(=O)CC3C(=O)OCC)CC[C@]3(C)[C@H](CC[C@@H]4[C@@]5(C)CC=C(C6=CC[C@@](CF)(C(=O)OCc7ccccc7)CC6)C(C)(C)C5CC[C@]43C)[C@@H]12. The van der Waals surface area contributed by atoms with Gasteiger partial charge in [-0.2, -0.15) is 0 Å². The summed E-state index contributed by atoms with van der Waals surface area (Å²) in [5.74, 6) is 1.70. The van der Waals surface area contributed by atoms with Gasteiger partial charge in [-0.05, 0) is 159 Å². The van der Waals surface area contributed by atoms with Crippen molar-refractivity contribution < 1.29 is 31.9 Å². The molecule has 0 aromatic heterocycles. The number of hydrogen-bond acceptors (Lipinski definition) is 8. The van der Waals surface area contributed by atoms with E-state index in [1.54, 1.807) is 6.92 Å². The van der Waals surface area contributed by atoms with Crippen LogP contribution in [0.25, 0.3) is 0 Å². The number of rotatable bonds is 12. The molecular formula is C53H77FN2O6S. The molecule has 63 heavy (non-hydrogen) atoms. The Morgan fingerprint density at radius 3 is 2.35 bits per heavy atom. The number of nitrogens with one attached hydrogen (secondary N) is 1. The second kappa shape index (κ2) is 17.1. The van der Waals surface area contributed by atoms with Crippen molar-refractivity contribution in [3.63, 3.8) is 0 Å². The van der Waals surface area contributed by atoms with Gasteiger partial charge in [0.05, 0.1) is 23.5 Å². The van der Waals surface area contributed by atoms with Crippen LogP contribution in [0, 0.1) is 56.7 Å².